The molecule has 0 aliphatic heterocycles. The lowest BCUT2D eigenvalue weighted by Gasteiger charge is -2.08. The van der Waals surface area contributed by atoms with Crippen molar-refractivity contribution >= 4 is 23.3 Å². The molecule has 0 saturated heterocycles. The first-order chi connectivity index (χ1) is 12.7. The van der Waals surface area contributed by atoms with E-state index in [1.165, 1.54) is 24.3 Å². The number of hydrogen-bond donors (Lipinski definition) is 2. The van der Waals surface area contributed by atoms with Crippen LogP contribution in [0.4, 0.5) is 18.9 Å². The summed E-state index contributed by atoms with van der Waals surface area (Å²) in [5.41, 5.74) is 0.0498. The molecule has 1 heterocycles. The number of carboxylic acid groups (broad SMARTS) is 1. The van der Waals surface area contributed by atoms with Crippen LogP contribution in [-0.4, -0.2) is 11.1 Å². The summed E-state index contributed by atoms with van der Waals surface area (Å²) in [7, 11) is 0. The maximum Gasteiger partial charge on any atom is 0.416 e. The third-order valence-electron chi connectivity index (χ3n) is 3.80. The molecule has 27 heavy (non-hydrogen) atoms. The summed E-state index contributed by atoms with van der Waals surface area (Å²) in [6.45, 7) is 0.222. The first kappa shape index (κ1) is 18.8. The Kier molecular flexibility index (Phi) is 5.14. The van der Waals surface area contributed by atoms with E-state index in [4.69, 9.17) is 21.1 Å². The van der Waals surface area contributed by atoms with Crippen molar-refractivity contribution in [3.63, 3.8) is 0 Å². The predicted molar refractivity (Wildman–Crippen MR) is 94.9 cm³/mol. The number of carbonyl (C=O) groups is 1. The molecule has 3 aromatic rings. The van der Waals surface area contributed by atoms with Gasteiger partial charge in [-0.25, -0.2) is 4.79 Å². The Labute approximate surface area is 157 Å². The molecule has 8 heteroatoms. The zero-order valence-corrected chi connectivity index (χ0v) is 14.4. The fourth-order valence-electron chi connectivity index (χ4n) is 2.47. The van der Waals surface area contributed by atoms with Gasteiger partial charge in [-0.2, -0.15) is 13.2 Å². The van der Waals surface area contributed by atoms with E-state index in [0.29, 0.717) is 22.8 Å². The Balaban J connectivity index is 1.74. The number of alkyl halides is 3. The van der Waals surface area contributed by atoms with Crippen LogP contribution in [0.15, 0.2) is 59.0 Å². The molecule has 140 valence electrons. The van der Waals surface area contributed by atoms with Crippen molar-refractivity contribution in [1.82, 2.24) is 0 Å². The molecule has 3 rings (SSSR count). The Hall–Kier alpha value is -2.93. The summed E-state index contributed by atoms with van der Waals surface area (Å²) < 4.78 is 44.1. The highest BCUT2D eigenvalue weighted by molar-refractivity contribution is 6.33. The van der Waals surface area contributed by atoms with Crippen LogP contribution >= 0.6 is 11.6 Å². The molecular formula is C19H13ClF3NO3. The summed E-state index contributed by atoms with van der Waals surface area (Å²) in [5.74, 6) is -0.358. The highest BCUT2D eigenvalue weighted by atomic mass is 35.5. The number of hydrogen-bond acceptors (Lipinski definition) is 3. The molecule has 4 nitrogen and oxygen atoms in total. The summed E-state index contributed by atoms with van der Waals surface area (Å²) in [4.78, 5) is 11.1. The van der Waals surface area contributed by atoms with Gasteiger partial charge in [0.25, 0.3) is 0 Å². The van der Waals surface area contributed by atoms with Gasteiger partial charge < -0.3 is 14.8 Å². The van der Waals surface area contributed by atoms with Gasteiger partial charge in [0.15, 0.2) is 0 Å². The van der Waals surface area contributed by atoms with Crippen molar-refractivity contribution in [2.24, 2.45) is 0 Å². The van der Waals surface area contributed by atoms with Gasteiger partial charge in [0.2, 0.25) is 0 Å². The number of furan rings is 1. The van der Waals surface area contributed by atoms with Crippen LogP contribution in [0.25, 0.3) is 11.3 Å². The largest absolute Gasteiger partial charge is 0.478 e. The fourth-order valence-corrected chi connectivity index (χ4v) is 2.66. The van der Waals surface area contributed by atoms with E-state index in [1.807, 2.05) is 0 Å². The third-order valence-corrected chi connectivity index (χ3v) is 4.13. The lowest BCUT2D eigenvalue weighted by atomic mass is 10.1. The van der Waals surface area contributed by atoms with Crippen LogP contribution in [0.3, 0.4) is 0 Å². The summed E-state index contributed by atoms with van der Waals surface area (Å²) in [6.07, 6.45) is -4.43. The van der Waals surface area contributed by atoms with Crippen molar-refractivity contribution in [2.45, 2.75) is 12.7 Å². The molecule has 0 aliphatic rings. The minimum absolute atomic E-state index is 0.0363. The maximum atomic E-state index is 12.8. The van der Waals surface area contributed by atoms with Gasteiger partial charge in [0.05, 0.1) is 22.7 Å². The normalized spacial score (nSPS) is 11.4. The van der Waals surface area contributed by atoms with Crippen molar-refractivity contribution in [3.8, 4) is 11.3 Å². The molecular weight excluding hydrogens is 383 g/mol. The first-order valence-corrected chi connectivity index (χ1v) is 8.15. The van der Waals surface area contributed by atoms with Crippen molar-refractivity contribution < 1.29 is 27.5 Å². The monoisotopic (exact) mass is 395 g/mol. The maximum absolute atomic E-state index is 12.8. The highest BCUT2D eigenvalue weighted by Crippen LogP contribution is 2.32. The SMILES string of the molecule is O=C(O)c1cc(NCc2ccc(-c3cccc(C(F)(F)F)c3)o2)ccc1Cl. The number of halogens is 4. The minimum atomic E-state index is -4.43. The average Bonchev–Trinajstić information content (AvgIpc) is 3.09. The summed E-state index contributed by atoms with van der Waals surface area (Å²) in [6, 6.07) is 12.6. The molecule has 0 fully saturated rings. The number of nitrogens with one attached hydrogen (secondary N) is 1. The fraction of sp³-hybridized carbons (Fsp3) is 0.105. The number of anilines is 1. The molecule has 0 amide bonds. The van der Waals surface area contributed by atoms with E-state index >= 15 is 0 Å². The number of rotatable bonds is 5. The lowest BCUT2D eigenvalue weighted by molar-refractivity contribution is -0.137. The van der Waals surface area contributed by atoms with Crippen molar-refractivity contribution in [2.75, 3.05) is 5.32 Å². The number of benzene rings is 2. The molecule has 0 bridgehead atoms. The molecule has 0 aliphatic carbocycles. The van der Waals surface area contributed by atoms with Crippen molar-refractivity contribution in [3.05, 3.63) is 76.5 Å². The molecule has 0 spiro atoms. The Bertz CT molecular complexity index is 982. The van der Waals surface area contributed by atoms with Gasteiger partial charge in [-0.3, -0.25) is 0 Å². The van der Waals surface area contributed by atoms with Gasteiger partial charge in [0, 0.05) is 11.3 Å². The van der Waals surface area contributed by atoms with Crippen LogP contribution in [0.5, 0.6) is 0 Å². The molecule has 0 unspecified atom stereocenters. The van der Waals surface area contributed by atoms with Gasteiger partial charge in [-0.15, -0.1) is 0 Å². The second-order valence-electron chi connectivity index (χ2n) is 5.70. The van der Waals surface area contributed by atoms with Gasteiger partial charge in [0.1, 0.15) is 11.5 Å². The smallest absolute Gasteiger partial charge is 0.416 e. The molecule has 0 radical (unpaired) electrons. The van der Waals surface area contributed by atoms with Crippen LogP contribution < -0.4 is 5.32 Å². The van der Waals surface area contributed by atoms with Crippen molar-refractivity contribution in [1.29, 1.82) is 0 Å². The van der Waals surface area contributed by atoms with E-state index in [-0.39, 0.29) is 17.1 Å². The highest BCUT2D eigenvalue weighted by Gasteiger charge is 2.30. The van der Waals surface area contributed by atoms with E-state index in [2.05, 4.69) is 5.32 Å². The predicted octanol–water partition coefficient (Wildman–Crippen LogP) is 5.93. The standard InChI is InChI=1S/C19H13ClF3NO3/c20-16-6-4-13(9-15(16)18(25)26)24-10-14-5-7-17(27-14)11-2-1-3-12(8-11)19(21,22)23/h1-9,24H,10H2,(H,25,26). The Morgan fingerprint density at radius 1 is 1.11 bits per heavy atom. The van der Waals surface area contributed by atoms with Gasteiger partial charge in [-0.05, 0) is 42.5 Å². The van der Waals surface area contributed by atoms with Crippen LogP contribution in [-0.2, 0) is 12.7 Å². The van der Waals surface area contributed by atoms with E-state index in [1.54, 1.807) is 18.2 Å². The molecule has 2 N–H and O–H groups in total. The molecule has 2 aromatic carbocycles. The quantitative estimate of drug-likeness (QED) is 0.562. The Morgan fingerprint density at radius 2 is 1.89 bits per heavy atom. The van der Waals surface area contributed by atoms with E-state index in [0.717, 1.165) is 12.1 Å². The lowest BCUT2D eigenvalue weighted by Crippen LogP contribution is -2.04. The van der Waals surface area contributed by atoms with E-state index in [9.17, 15) is 18.0 Å². The zero-order valence-electron chi connectivity index (χ0n) is 13.7. The van der Waals surface area contributed by atoms with Gasteiger partial charge in [-0.1, -0.05) is 23.7 Å². The van der Waals surface area contributed by atoms with Crippen LogP contribution in [0, 0.1) is 0 Å². The second-order valence-corrected chi connectivity index (χ2v) is 6.11. The first-order valence-electron chi connectivity index (χ1n) is 7.77. The number of aromatic carboxylic acids is 1. The summed E-state index contributed by atoms with van der Waals surface area (Å²) in [5, 5.41) is 12.2. The third kappa shape index (κ3) is 4.43. The average molecular weight is 396 g/mol. The zero-order chi connectivity index (χ0) is 19.6. The van der Waals surface area contributed by atoms with Gasteiger partial charge >= 0.3 is 12.1 Å². The minimum Gasteiger partial charge on any atom is -0.478 e. The Morgan fingerprint density at radius 3 is 2.59 bits per heavy atom. The summed E-state index contributed by atoms with van der Waals surface area (Å²) >= 11 is 5.82. The van der Waals surface area contributed by atoms with Crippen LogP contribution in [0.2, 0.25) is 5.02 Å². The topological polar surface area (TPSA) is 62.5 Å². The molecule has 0 saturated carbocycles. The van der Waals surface area contributed by atoms with Crippen LogP contribution in [0.1, 0.15) is 21.7 Å². The molecule has 1 aromatic heterocycles. The second kappa shape index (κ2) is 7.36. The number of carboxylic acids is 1. The van der Waals surface area contributed by atoms with E-state index < -0.39 is 17.7 Å². The molecule has 0 atom stereocenters.